The number of amides is 1. The number of pyridine rings is 1. The molecule has 4 nitrogen and oxygen atoms in total. The molecule has 0 bridgehead atoms. The van der Waals surface area contributed by atoms with E-state index in [1.807, 2.05) is 13.1 Å². The van der Waals surface area contributed by atoms with Crippen LogP contribution in [0.3, 0.4) is 0 Å². The maximum Gasteiger partial charge on any atom is 0.255 e. The van der Waals surface area contributed by atoms with Gasteiger partial charge in [-0.15, -0.1) is 0 Å². The molecule has 0 atom stereocenters. The smallest absolute Gasteiger partial charge is 0.255 e. The maximum absolute atomic E-state index is 12.2. The van der Waals surface area contributed by atoms with Crippen molar-refractivity contribution >= 4 is 11.6 Å². The van der Waals surface area contributed by atoms with E-state index in [0.29, 0.717) is 11.5 Å². The molecule has 0 spiro atoms. The van der Waals surface area contributed by atoms with Crippen molar-refractivity contribution in [1.29, 1.82) is 0 Å². The van der Waals surface area contributed by atoms with Crippen LogP contribution in [-0.4, -0.2) is 35.9 Å². The molecule has 1 aromatic rings. The molecule has 20 heavy (non-hydrogen) atoms. The monoisotopic (exact) mass is 277 g/mol. The number of hydrogen-bond donors (Lipinski definition) is 1. The molecule has 4 heteroatoms. The van der Waals surface area contributed by atoms with Gasteiger partial charge in [-0.3, -0.25) is 9.78 Å². The van der Waals surface area contributed by atoms with Crippen LogP contribution in [0.15, 0.2) is 18.5 Å². The van der Waals surface area contributed by atoms with E-state index in [0.717, 1.165) is 38.0 Å². The Labute approximate surface area is 122 Å². The Kier molecular flexibility index (Phi) is 7.05. The molecular weight excluding hydrogens is 250 g/mol. The Morgan fingerprint density at radius 2 is 2.15 bits per heavy atom. The van der Waals surface area contributed by atoms with Gasteiger partial charge in [0.2, 0.25) is 0 Å². The van der Waals surface area contributed by atoms with Gasteiger partial charge in [0.15, 0.2) is 0 Å². The summed E-state index contributed by atoms with van der Waals surface area (Å²) in [5, 5.41) is 3.32. The van der Waals surface area contributed by atoms with E-state index in [1.54, 1.807) is 17.3 Å². The highest BCUT2D eigenvalue weighted by Gasteiger charge is 2.12. The minimum absolute atomic E-state index is 0.0402. The van der Waals surface area contributed by atoms with Crippen molar-refractivity contribution in [2.24, 2.45) is 5.92 Å². The van der Waals surface area contributed by atoms with Crippen LogP contribution < -0.4 is 5.32 Å². The van der Waals surface area contributed by atoms with Crippen molar-refractivity contribution in [2.45, 2.75) is 40.0 Å². The second kappa shape index (κ2) is 8.56. The summed E-state index contributed by atoms with van der Waals surface area (Å²) < 4.78 is 0. The summed E-state index contributed by atoms with van der Waals surface area (Å²) in [4.78, 5) is 18.2. The fourth-order valence-electron chi connectivity index (χ4n) is 1.88. The van der Waals surface area contributed by atoms with Gasteiger partial charge in [-0.05, 0) is 24.8 Å². The predicted octanol–water partition coefficient (Wildman–Crippen LogP) is 3.41. The Bertz CT molecular complexity index is 418. The molecular formula is C16H27N3O. The van der Waals surface area contributed by atoms with Gasteiger partial charge in [0.1, 0.15) is 0 Å². The lowest BCUT2D eigenvalue weighted by atomic mass is 10.1. The van der Waals surface area contributed by atoms with E-state index >= 15 is 0 Å². The van der Waals surface area contributed by atoms with E-state index in [1.165, 1.54) is 0 Å². The van der Waals surface area contributed by atoms with Gasteiger partial charge in [0.25, 0.3) is 5.91 Å². The number of nitrogens with zero attached hydrogens (tertiary/aromatic N) is 2. The number of hydrogen-bond acceptors (Lipinski definition) is 3. The lowest BCUT2D eigenvalue weighted by Gasteiger charge is -2.17. The summed E-state index contributed by atoms with van der Waals surface area (Å²) in [6.45, 7) is 8.22. The number of anilines is 1. The summed E-state index contributed by atoms with van der Waals surface area (Å²) in [7, 11) is 1.84. The van der Waals surface area contributed by atoms with Gasteiger partial charge in [0, 0.05) is 32.5 Å². The zero-order chi connectivity index (χ0) is 15.0. The van der Waals surface area contributed by atoms with Crippen molar-refractivity contribution in [1.82, 2.24) is 9.88 Å². The lowest BCUT2D eigenvalue weighted by molar-refractivity contribution is 0.0793. The topological polar surface area (TPSA) is 45.2 Å². The van der Waals surface area contributed by atoms with Crippen LogP contribution in [0.25, 0.3) is 0 Å². The lowest BCUT2D eigenvalue weighted by Crippen LogP contribution is -2.27. The van der Waals surface area contributed by atoms with E-state index in [-0.39, 0.29) is 5.91 Å². The third-order valence-corrected chi connectivity index (χ3v) is 3.23. The first-order chi connectivity index (χ1) is 9.54. The highest BCUT2D eigenvalue weighted by atomic mass is 16.2. The molecule has 1 amide bonds. The molecule has 0 aromatic carbocycles. The van der Waals surface area contributed by atoms with Crippen molar-refractivity contribution in [2.75, 3.05) is 25.5 Å². The molecule has 1 rings (SSSR count). The standard InChI is InChI=1S/C16H27N3O/c1-5-6-9-19(4)16(20)14-10-15(12-17-11-14)18-8-7-13(2)3/h10-13,18H,5-9H2,1-4H3. The fraction of sp³-hybridized carbons (Fsp3) is 0.625. The summed E-state index contributed by atoms with van der Waals surface area (Å²) in [6, 6.07) is 1.89. The molecule has 0 saturated carbocycles. The summed E-state index contributed by atoms with van der Waals surface area (Å²) in [5.74, 6) is 0.707. The third kappa shape index (κ3) is 5.59. The van der Waals surface area contributed by atoms with E-state index in [9.17, 15) is 4.79 Å². The number of nitrogens with one attached hydrogen (secondary N) is 1. The second-order valence-electron chi connectivity index (χ2n) is 5.65. The minimum atomic E-state index is 0.0402. The number of aromatic nitrogens is 1. The van der Waals surface area contributed by atoms with E-state index < -0.39 is 0 Å². The molecule has 0 aliphatic heterocycles. The van der Waals surface area contributed by atoms with Gasteiger partial charge < -0.3 is 10.2 Å². The molecule has 0 aliphatic rings. The van der Waals surface area contributed by atoms with Gasteiger partial charge >= 0.3 is 0 Å². The van der Waals surface area contributed by atoms with E-state index in [2.05, 4.69) is 31.1 Å². The highest BCUT2D eigenvalue weighted by molar-refractivity contribution is 5.94. The molecule has 112 valence electrons. The van der Waals surface area contributed by atoms with Crippen molar-refractivity contribution in [3.63, 3.8) is 0 Å². The highest BCUT2D eigenvalue weighted by Crippen LogP contribution is 2.11. The first-order valence-corrected chi connectivity index (χ1v) is 7.49. The van der Waals surface area contributed by atoms with Crippen LogP contribution in [0.2, 0.25) is 0 Å². The van der Waals surface area contributed by atoms with Crippen LogP contribution in [0.4, 0.5) is 5.69 Å². The van der Waals surface area contributed by atoms with Crippen LogP contribution in [0.5, 0.6) is 0 Å². The minimum Gasteiger partial charge on any atom is -0.384 e. The zero-order valence-electron chi connectivity index (χ0n) is 13.1. The zero-order valence-corrected chi connectivity index (χ0v) is 13.1. The summed E-state index contributed by atoms with van der Waals surface area (Å²) in [5.41, 5.74) is 1.57. The molecule has 0 fully saturated rings. The maximum atomic E-state index is 12.2. The quantitative estimate of drug-likeness (QED) is 0.792. The molecule has 0 aliphatic carbocycles. The number of carbonyl (C=O) groups excluding carboxylic acids is 1. The fourth-order valence-corrected chi connectivity index (χ4v) is 1.88. The average molecular weight is 277 g/mol. The van der Waals surface area contributed by atoms with Crippen LogP contribution in [-0.2, 0) is 0 Å². The van der Waals surface area contributed by atoms with Gasteiger partial charge in [0.05, 0.1) is 11.3 Å². The Hall–Kier alpha value is -1.58. The number of rotatable bonds is 8. The number of carbonyl (C=O) groups is 1. The first kappa shape index (κ1) is 16.5. The van der Waals surface area contributed by atoms with Gasteiger partial charge in [-0.1, -0.05) is 27.2 Å². The summed E-state index contributed by atoms with van der Waals surface area (Å²) >= 11 is 0. The van der Waals surface area contributed by atoms with Gasteiger partial charge in [-0.2, -0.15) is 0 Å². The normalized spacial score (nSPS) is 10.7. The van der Waals surface area contributed by atoms with Crippen molar-refractivity contribution in [3.8, 4) is 0 Å². The molecule has 0 saturated heterocycles. The Morgan fingerprint density at radius 1 is 1.40 bits per heavy atom. The number of unbranched alkanes of at least 4 members (excludes halogenated alkanes) is 1. The summed E-state index contributed by atoms with van der Waals surface area (Å²) in [6.07, 6.45) is 6.63. The van der Waals surface area contributed by atoms with Crippen molar-refractivity contribution in [3.05, 3.63) is 24.0 Å². The third-order valence-electron chi connectivity index (χ3n) is 3.23. The first-order valence-electron chi connectivity index (χ1n) is 7.49. The molecule has 1 N–H and O–H groups in total. The molecule has 0 unspecified atom stereocenters. The molecule has 0 radical (unpaired) electrons. The van der Waals surface area contributed by atoms with Crippen LogP contribution >= 0.6 is 0 Å². The van der Waals surface area contributed by atoms with Crippen LogP contribution in [0, 0.1) is 5.92 Å². The predicted molar refractivity (Wildman–Crippen MR) is 84.1 cm³/mol. The second-order valence-corrected chi connectivity index (χ2v) is 5.65. The van der Waals surface area contributed by atoms with Gasteiger partial charge in [-0.25, -0.2) is 0 Å². The largest absolute Gasteiger partial charge is 0.384 e. The Morgan fingerprint density at radius 3 is 2.80 bits per heavy atom. The Balaban J connectivity index is 2.60. The van der Waals surface area contributed by atoms with Crippen LogP contribution in [0.1, 0.15) is 50.4 Å². The molecule has 1 aromatic heterocycles. The van der Waals surface area contributed by atoms with Crippen molar-refractivity contribution < 1.29 is 4.79 Å². The molecule has 1 heterocycles. The SMILES string of the molecule is CCCCN(C)C(=O)c1cncc(NCCC(C)C)c1. The average Bonchev–Trinajstić information content (AvgIpc) is 2.44. The van der Waals surface area contributed by atoms with E-state index in [4.69, 9.17) is 0 Å².